The average molecular weight is 403 g/mol. The lowest BCUT2D eigenvalue weighted by molar-refractivity contribution is -0.129. The molecule has 3 atom stereocenters. The molecule has 30 heavy (non-hydrogen) atoms. The number of carbonyl (C=O) groups excluding carboxylic acids is 1. The fraction of sp³-hybridized carbons (Fsp3) is 0.409. The van der Waals surface area contributed by atoms with Gasteiger partial charge in [-0.15, -0.1) is 0 Å². The first-order valence-electron chi connectivity index (χ1n) is 9.36. The molecular weight excluding hydrogens is 382 g/mol. The molecule has 3 rings (SSSR count). The van der Waals surface area contributed by atoms with E-state index in [-0.39, 0.29) is 18.2 Å². The molecule has 1 fully saturated rings. The Morgan fingerprint density at radius 2 is 1.93 bits per heavy atom. The van der Waals surface area contributed by atoms with E-state index in [1.165, 1.54) is 21.1 Å². The molecule has 1 heterocycles. The van der Waals surface area contributed by atoms with Gasteiger partial charge in [0.25, 0.3) is 0 Å². The lowest BCUT2D eigenvalue weighted by atomic mass is 9.54. The van der Waals surface area contributed by atoms with Crippen molar-refractivity contribution < 1.29 is 14.3 Å². The van der Waals surface area contributed by atoms with Crippen LogP contribution in [0.1, 0.15) is 18.4 Å². The molecule has 1 aliphatic heterocycles. The van der Waals surface area contributed by atoms with Crippen molar-refractivity contribution in [2.24, 2.45) is 17.3 Å². The summed E-state index contributed by atoms with van der Waals surface area (Å²) in [4.78, 5) is 13.7. The lowest BCUT2D eigenvalue weighted by Crippen LogP contribution is -2.53. The first-order valence-corrected chi connectivity index (χ1v) is 9.36. The SMILES string of the molecule is COc1ccc(OC)c([C@H]2[C@@H]3CN(C(C)=O)CC=C3C(C#N)C(=N)C2(C#N)C#N)c1. The number of ether oxygens (including phenoxy) is 2. The first kappa shape index (κ1) is 20.9. The first-order chi connectivity index (χ1) is 14.4. The summed E-state index contributed by atoms with van der Waals surface area (Å²) < 4.78 is 10.9. The summed E-state index contributed by atoms with van der Waals surface area (Å²) in [5.74, 6) is -1.50. The number of benzene rings is 1. The topological polar surface area (TPSA) is 134 Å². The van der Waals surface area contributed by atoms with E-state index in [1.54, 1.807) is 29.2 Å². The predicted molar refractivity (Wildman–Crippen MR) is 107 cm³/mol. The standard InChI is InChI=1S/C22H21N5O3/c1-13(28)27-7-6-15-17(9-23)21(26)22(11-24,12-25)20(18(15)10-27)16-8-14(29-2)4-5-19(16)30-3/h4-6,8,17-18,20,26H,7,10H2,1-3H3/t17?,18-,20+/m1/s1. The Kier molecular flexibility index (Phi) is 5.49. The van der Waals surface area contributed by atoms with Crippen LogP contribution in [0.25, 0.3) is 0 Å². The summed E-state index contributed by atoms with van der Waals surface area (Å²) in [6.45, 7) is 2.01. The van der Waals surface area contributed by atoms with E-state index in [1.807, 2.05) is 12.1 Å². The minimum Gasteiger partial charge on any atom is -0.497 e. The van der Waals surface area contributed by atoms with Crippen molar-refractivity contribution in [3.63, 3.8) is 0 Å². The molecule has 0 radical (unpaired) electrons. The van der Waals surface area contributed by atoms with Crippen molar-refractivity contribution in [2.45, 2.75) is 12.8 Å². The number of rotatable bonds is 3. The van der Waals surface area contributed by atoms with Crippen LogP contribution in [0.2, 0.25) is 0 Å². The Hall–Kier alpha value is -3.83. The molecule has 152 valence electrons. The second-order valence-corrected chi connectivity index (χ2v) is 7.33. The van der Waals surface area contributed by atoms with Gasteiger partial charge in [0.05, 0.1) is 38.1 Å². The van der Waals surface area contributed by atoms with Gasteiger partial charge in [-0.3, -0.25) is 4.79 Å². The van der Waals surface area contributed by atoms with Crippen LogP contribution in [0.4, 0.5) is 0 Å². The number of nitriles is 3. The maximum atomic E-state index is 12.1. The molecular formula is C22H21N5O3. The summed E-state index contributed by atoms with van der Waals surface area (Å²) >= 11 is 0. The Bertz CT molecular complexity index is 1040. The zero-order chi connectivity index (χ0) is 22.1. The molecule has 1 N–H and O–H groups in total. The number of nitrogens with zero attached hydrogens (tertiary/aromatic N) is 4. The summed E-state index contributed by atoms with van der Waals surface area (Å²) in [6.07, 6.45) is 1.77. The van der Waals surface area contributed by atoms with Crippen molar-refractivity contribution in [1.82, 2.24) is 4.90 Å². The Balaban J connectivity index is 2.33. The van der Waals surface area contributed by atoms with E-state index < -0.39 is 23.2 Å². The zero-order valence-electron chi connectivity index (χ0n) is 17.0. The van der Waals surface area contributed by atoms with Gasteiger partial charge in [-0.1, -0.05) is 6.08 Å². The quantitative estimate of drug-likeness (QED) is 0.770. The van der Waals surface area contributed by atoms with Gasteiger partial charge in [0, 0.05) is 37.4 Å². The van der Waals surface area contributed by atoms with Gasteiger partial charge in [-0.2, -0.15) is 15.8 Å². The van der Waals surface area contributed by atoms with E-state index in [0.717, 1.165) is 0 Å². The molecule has 1 aromatic rings. The van der Waals surface area contributed by atoms with Gasteiger partial charge >= 0.3 is 0 Å². The maximum Gasteiger partial charge on any atom is 0.219 e. The van der Waals surface area contributed by atoms with E-state index in [0.29, 0.717) is 29.2 Å². The monoisotopic (exact) mass is 403 g/mol. The Labute approximate surface area is 175 Å². The second-order valence-electron chi connectivity index (χ2n) is 7.33. The molecule has 8 heteroatoms. The molecule has 2 aliphatic rings. The summed E-state index contributed by atoms with van der Waals surface area (Å²) in [5.41, 5.74) is -0.941. The molecule has 1 unspecified atom stereocenters. The maximum absolute atomic E-state index is 12.1. The van der Waals surface area contributed by atoms with Crippen molar-refractivity contribution in [1.29, 1.82) is 21.2 Å². The van der Waals surface area contributed by atoms with E-state index in [2.05, 4.69) is 6.07 Å². The molecule has 0 aromatic heterocycles. The number of carbonyl (C=O) groups is 1. The normalized spacial score (nSPS) is 24.4. The van der Waals surface area contributed by atoms with Crippen LogP contribution in [0, 0.1) is 56.7 Å². The molecule has 8 nitrogen and oxygen atoms in total. The highest BCUT2D eigenvalue weighted by Gasteiger charge is 2.58. The molecule has 0 saturated heterocycles. The van der Waals surface area contributed by atoms with E-state index in [9.17, 15) is 20.6 Å². The minimum atomic E-state index is -1.89. The van der Waals surface area contributed by atoms with Gasteiger partial charge in [-0.05, 0) is 23.8 Å². The third-order valence-corrected chi connectivity index (χ3v) is 6.01. The van der Waals surface area contributed by atoms with Gasteiger partial charge in [0.15, 0.2) is 5.41 Å². The average Bonchev–Trinajstić information content (AvgIpc) is 2.77. The van der Waals surface area contributed by atoms with Crippen molar-refractivity contribution in [3.05, 3.63) is 35.4 Å². The number of hydrogen-bond donors (Lipinski definition) is 1. The Morgan fingerprint density at radius 1 is 1.23 bits per heavy atom. The van der Waals surface area contributed by atoms with Crippen LogP contribution in [0.5, 0.6) is 11.5 Å². The zero-order valence-corrected chi connectivity index (χ0v) is 17.0. The largest absolute Gasteiger partial charge is 0.497 e. The number of methoxy groups -OCH3 is 2. The van der Waals surface area contributed by atoms with Crippen molar-refractivity contribution in [2.75, 3.05) is 27.3 Å². The van der Waals surface area contributed by atoms with Gasteiger partial charge in [-0.25, -0.2) is 0 Å². The number of nitrogens with one attached hydrogen (secondary N) is 1. The number of amides is 1. The number of fused-ring (bicyclic) bond motifs is 1. The molecule has 1 saturated carbocycles. The fourth-order valence-electron chi connectivity index (χ4n) is 4.49. The molecule has 1 amide bonds. The lowest BCUT2D eigenvalue weighted by Gasteiger charge is -2.47. The highest BCUT2D eigenvalue weighted by molar-refractivity contribution is 6.01. The summed E-state index contributed by atoms with van der Waals surface area (Å²) in [7, 11) is 2.99. The van der Waals surface area contributed by atoms with E-state index in [4.69, 9.17) is 14.9 Å². The van der Waals surface area contributed by atoms with Gasteiger partial charge in [0.1, 0.15) is 17.4 Å². The van der Waals surface area contributed by atoms with E-state index >= 15 is 0 Å². The fourth-order valence-corrected chi connectivity index (χ4v) is 4.49. The van der Waals surface area contributed by atoms with Crippen molar-refractivity contribution in [3.8, 4) is 29.7 Å². The highest BCUT2D eigenvalue weighted by atomic mass is 16.5. The molecule has 0 bridgehead atoms. The summed E-state index contributed by atoms with van der Waals surface area (Å²) in [6, 6.07) is 11.2. The molecule has 0 spiro atoms. The van der Waals surface area contributed by atoms with Crippen LogP contribution in [-0.2, 0) is 4.79 Å². The summed E-state index contributed by atoms with van der Waals surface area (Å²) in [5, 5.41) is 38.7. The predicted octanol–water partition coefficient (Wildman–Crippen LogP) is 2.40. The van der Waals surface area contributed by atoms with Crippen LogP contribution >= 0.6 is 0 Å². The third kappa shape index (κ3) is 2.96. The second kappa shape index (κ2) is 7.89. The van der Waals surface area contributed by atoms with Crippen LogP contribution in [0.15, 0.2) is 29.8 Å². The molecule has 1 aliphatic carbocycles. The van der Waals surface area contributed by atoms with Gasteiger partial charge < -0.3 is 19.8 Å². The highest BCUT2D eigenvalue weighted by Crippen LogP contribution is 2.55. The Morgan fingerprint density at radius 3 is 2.47 bits per heavy atom. The smallest absolute Gasteiger partial charge is 0.219 e. The van der Waals surface area contributed by atoms with Crippen LogP contribution < -0.4 is 9.47 Å². The molecule has 1 aromatic carbocycles. The minimum absolute atomic E-state index is 0.143. The van der Waals surface area contributed by atoms with Crippen LogP contribution in [-0.4, -0.2) is 43.8 Å². The number of hydrogen-bond acceptors (Lipinski definition) is 7. The van der Waals surface area contributed by atoms with Gasteiger partial charge in [0.2, 0.25) is 5.91 Å². The van der Waals surface area contributed by atoms with Crippen molar-refractivity contribution >= 4 is 11.6 Å². The van der Waals surface area contributed by atoms with Crippen LogP contribution in [0.3, 0.4) is 0 Å². The third-order valence-electron chi connectivity index (χ3n) is 6.01.